The molecule has 1 N–H and O–H groups in total. The summed E-state index contributed by atoms with van der Waals surface area (Å²) in [5, 5.41) is 21.5. The van der Waals surface area contributed by atoms with Gasteiger partial charge in [-0.3, -0.25) is 0 Å². The molecule has 1 aromatic rings. The number of hydrogen-bond donors (Lipinski definition) is 1. The third-order valence-corrected chi connectivity index (χ3v) is 4.88. The quantitative estimate of drug-likeness (QED) is 0.907. The van der Waals surface area contributed by atoms with Gasteiger partial charge in [-0.2, -0.15) is 10.5 Å². The molecule has 1 aromatic carbocycles. The first-order valence-electron chi connectivity index (χ1n) is 6.60. The molecule has 110 valence electrons. The number of sulfonamides is 1. The van der Waals surface area contributed by atoms with E-state index in [1.807, 2.05) is 0 Å². The second-order valence-electron chi connectivity index (χ2n) is 5.03. The lowest BCUT2D eigenvalue weighted by Gasteiger charge is -2.31. The van der Waals surface area contributed by atoms with E-state index in [9.17, 15) is 8.42 Å². The standard InChI is InChI=1S/C14H16N4O2S/c1-21(19,20)18-7-5-13(6-8-18)17-14-11(9-15)3-2-4-12(14)10-16/h2-4,13,17H,5-8H2,1H3. The van der Waals surface area contributed by atoms with Gasteiger partial charge in [-0.05, 0) is 25.0 Å². The third-order valence-electron chi connectivity index (χ3n) is 3.58. The summed E-state index contributed by atoms with van der Waals surface area (Å²) in [5.41, 5.74) is 1.40. The lowest BCUT2D eigenvalue weighted by atomic mass is 10.0. The molecular weight excluding hydrogens is 288 g/mol. The number of para-hydroxylation sites is 1. The molecule has 0 atom stereocenters. The summed E-state index contributed by atoms with van der Waals surface area (Å²) in [4.78, 5) is 0. The van der Waals surface area contributed by atoms with Gasteiger partial charge in [0.25, 0.3) is 0 Å². The number of benzene rings is 1. The number of hydrogen-bond acceptors (Lipinski definition) is 5. The second-order valence-corrected chi connectivity index (χ2v) is 7.01. The Morgan fingerprint density at radius 3 is 2.14 bits per heavy atom. The first-order chi connectivity index (χ1) is 9.95. The average Bonchev–Trinajstić information content (AvgIpc) is 2.47. The lowest BCUT2D eigenvalue weighted by molar-refractivity contribution is 0.332. The van der Waals surface area contributed by atoms with E-state index in [4.69, 9.17) is 10.5 Å². The van der Waals surface area contributed by atoms with Crippen LogP contribution in [0.2, 0.25) is 0 Å². The highest BCUT2D eigenvalue weighted by Crippen LogP contribution is 2.24. The lowest BCUT2D eigenvalue weighted by Crippen LogP contribution is -2.42. The zero-order valence-electron chi connectivity index (χ0n) is 11.7. The number of anilines is 1. The van der Waals surface area contributed by atoms with Crippen molar-refractivity contribution in [2.24, 2.45) is 0 Å². The van der Waals surface area contributed by atoms with Crippen molar-refractivity contribution in [2.75, 3.05) is 24.7 Å². The van der Waals surface area contributed by atoms with Gasteiger partial charge in [0.15, 0.2) is 0 Å². The molecular formula is C14H16N4O2S. The van der Waals surface area contributed by atoms with Gasteiger partial charge in [0.1, 0.15) is 12.1 Å². The summed E-state index contributed by atoms with van der Waals surface area (Å²) in [6.45, 7) is 0.903. The highest BCUT2D eigenvalue weighted by Gasteiger charge is 2.25. The monoisotopic (exact) mass is 304 g/mol. The van der Waals surface area contributed by atoms with Crippen molar-refractivity contribution in [1.29, 1.82) is 10.5 Å². The van der Waals surface area contributed by atoms with Gasteiger partial charge in [0.05, 0.1) is 23.1 Å². The molecule has 0 aliphatic carbocycles. The maximum absolute atomic E-state index is 11.5. The second kappa shape index (κ2) is 6.13. The van der Waals surface area contributed by atoms with Crippen LogP contribution in [-0.2, 0) is 10.0 Å². The van der Waals surface area contributed by atoms with Crippen LogP contribution in [0.1, 0.15) is 24.0 Å². The minimum atomic E-state index is -3.15. The predicted octanol–water partition coefficient (Wildman–Crippen LogP) is 1.27. The predicted molar refractivity (Wildman–Crippen MR) is 78.9 cm³/mol. The molecule has 21 heavy (non-hydrogen) atoms. The highest BCUT2D eigenvalue weighted by molar-refractivity contribution is 7.88. The van der Waals surface area contributed by atoms with Gasteiger partial charge in [-0.15, -0.1) is 0 Å². The van der Waals surface area contributed by atoms with Gasteiger partial charge in [-0.1, -0.05) is 6.07 Å². The van der Waals surface area contributed by atoms with Crippen molar-refractivity contribution in [1.82, 2.24) is 4.31 Å². The Morgan fingerprint density at radius 1 is 1.19 bits per heavy atom. The van der Waals surface area contributed by atoms with E-state index < -0.39 is 10.0 Å². The number of nitrogens with one attached hydrogen (secondary N) is 1. The van der Waals surface area contributed by atoms with Crippen molar-refractivity contribution in [3.05, 3.63) is 29.3 Å². The van der Waals surface area contributed by atoms with E-state index in [2.05, 4.69) is 17.5 Å². The van der Waals surface area contributed by atoms with E-state index in [1.165, 1.54) is 10.6 Å². The summed E-state index contributed by atoms with van der Waals surface area (Å²) in [7, 11) is -3.15. The maximum atomic E-state index is 11.5. The molecule has 0 spiro atoms. The van der Waals surface area contributed by atoms with Gasteiger partial charge in [0, 0.05) is 19.1 Å². The normalized spacial score (nSPS) is 16.9. The van der Waals surface area contributed by atoms with Gasteiger partial charge >= 0.3 is 0 Å². The molecule has 0 bridgehead atoms. The maximum Gasteiger partial charge on any atom is 0.211 e. The molecule has 0 amide bonds. The molecule has 1 aliphatic rings. The minimum absolute atomic E-state index is 0.0598. The minimum Gasteiger partial charge on any atom is -0.380 e. The summed E-state index contributed by atoms with van der Waals surface area (Å²) in [6, 6.07) is 9.20. The molecule has 1 aliphatic heterocycles. The third kappa shape index (κ3) is 3.52. The van der Waals surface area contributed by atoms with E-state index in [1.54, 1.807) is 18.2 Å². The van der Waals surface area contributed by atoms with Crippen molar-refractivity contribution in [3.8, 4) is 12.1 Å². The Morgan fingerprint density at radius 2 is 1.71 bits per heavy atom. The number of rotatable bonds is 3. The van der Waals surface area contributed by atoms with Crippen LogP contribution < -0.4 is 5.32 Å². The zero-order chi connectivity index (χ0) is 15.5. The van der Waals surface area contributed by atoms with Gasteiger partial charge < -0.3 is 5.32 Å². The Bertz CT molecular complexity index is 675. The SMILES string of the molecule is CS(=O)(=O)N1CCC(Nc2c(C#N)cccc2C#N)CC1. The van der Waals surface area contributed by atoms with Crippen molar-refractivity contribution in [2.45, 2.75) is 18.9 Å². The summed E-state index contributed by atoms with van der Waals surface area (Å²) < 4.78 is 24.4. The van der Waals surface area contributed by atoms with Gasteiger partial charge in [-0.25, -0.2) is 12.7 Å². The van der Waals surface area contributed by atoms with Crippen LogP contribution in [0.4, 0.5) is 5.69 Å². The Labute approximate surface area is 124 Å². The zero-order valence-corrected chi connectivity index (χ0v) is 12.5. The van der Waals surface area contributed by atoms with Crippen LogP contribution in [0.25, 0.3) is 0 Å². The molecule has 0 unspecified atom stereocenters. The molecule has 2 rings (SSSR count). The average molecular weight is 304 g/mol. The molecule has 0 aromatic heterocycles. The fraction of sp³-hybridized carbons (Fsp3) is 0.429. The molecule has 1 heterocycles. The number of nitriles is 2. The van der Waals surface area contributed by atoms with Crippen LogP contribution in [-0.4, -0.2) is 38.1 Å². The molecule has 0 saturated carbocycles. The molecule has 6 nitrogen and oxygen atoms in total. The van der Waals surface area contributed by atoms with E-state index >= 15 is 0 Å². The Balaban J connectivity index is 2.12. The Kier molecular flexibility index (Phi) is 4.46. The fourth-order valence-corrected chi connectivity index (χ4v) is 3.30. The van der Waals surface area contributed by atoms with E-state index in [0.29, 0.717) is 42.7 Å². The fourth-order valence-electron chi connectivity index (χ4n) is 2.43. The van der Waals surface area contributed by atoms with Crippen molar-refractivity contribution in [3.63, 3.8) is 0 Å². The Hall–Kier alpha value is -2.09. The van der Waals surface area contributed by atoms with Crippen LogP contribution in [0, 0.1) is 22.7 Å². The smallest absolute Gasteiger partial charge is 0.211 e. The number of piperidine rings is 1. The molecule has 1 saturated heterocycles. The van der Waals surface area contributed by atoms with E-state index in [-0.39, 0.29) is 6.04 Å². The van der Waals surface area contributed by atoms with Gasteiger partial charge in [0.2, 0.25) is 10.0 Å². The first-order valence-corrected chi connectivity index (χ1v) is 8.45. The molecule has 7 heteroatoms. The largest absolute Gasteiger partial charge is 0.380 e. The number of nitrogens with zero attached hydrogens (tertiary/aromatic N) is 3. The first kappa shape index (κ1) is 15.3. The molecule has 1 fully saturated rings. The van der Waals surface area contributed by atoms with Crippen molar-refractivity contribution < 1.29 is 8.42 Å². The summed E-state index contributed by atoms with van der Waals surface area (Å²) in [5.74, 6) is 0. The topological polar surface area (TPSA) is 97.0 Å². The van der Waals surface area contributed by atoms with Crippen LogP contribution in [0.15, 0.2) is 18.2 Å². The summed E-state index contributed by atoms with van der Waals surface area (Å²) in [6.07, 6.45) is 2.51. The van der Waals surface area contributed by atoms with Crippen LogP contribution >= 0.6 is 0 Å². The molecule has 0 radical (unpaired) electrons. The van der Waals surface area contributed by atoms with Crippen LogP contribution in [0.3, 0.4) is 0 Å². The van der Waals surface area contributed by atoms with E-state index in [0.717, 1.165) is 0 Å². The summed E-state index contributed by atoms with van der Waals surface area (Å²) >= 11 is 0. The highest BCUT2D eigenvalue weighted by atomic mass is 32.2. The van der Waals surface area contributed by atoms with Crippen LogP contribution in [0.5, 0.6) is 0 Å². The van der Waals surface area contributed by atoms with Crippen molar-refractivity contribution >= 4 is 15.7 Å².